The molecule has 0 bridgehead atoms. The fourth-order valence-corrected chi connectivity index (χ4v) is 1.81. The van der Waals surface area contributed by atoms with Crippen LogP contribution in [0.15, 0.2) is 4.99 Å². The number of hydrogen-bond donors (Lipinski definition) is 2. The minimum atomic E-state index is -0.0285. The zero-order valence-electron chi connectivity index (χ0n) is 13.9. The number of amides is 1. The molecule has 0 spiro atoms. The van der Waals surface area contributed by atoms with E-state index in [0.29, 0.717) is 19.2 Å². The van der Waals surface area contributed by atoms with Gasteiger partial charge in [0.2, 0.25) is 5.91 Å². The summed E-state index contributed by atoms with van der Waals surface area (Å²) in [6, 6.07) is 0.109. The third kappa shape index (κ3) is 8.74. The Kier molecular flexibility index (Phi) is 11.6. The Morgan fingerprint density at radius 2 is 2.23 bits per heavy atom. The molecule has 0 aromatic rings. The smallest absolute Gasteiger partial charge is 0.243 e. The summed E-state index contributed by atoms with van der Waals surface area (Å²) in [5.41, 5.74) is 0. The Hall–Kier alpha value is -0.610. The van der Waals surface area contributed by atoms with Crippen LogP contribution in [0.3, 0.4) is 0 Å². The van der Waals surface area contributed by atoms with E-state index >= 15 is 0 Å². The van der Waals surface area contributed by atoms with Crippen LogP contribution in [-0.2, 0) is 14.3 Å². The number of nitrogens with zero attached hydrogens (tertiary/aromatic N) is 2. The third-order valence-corrected chi connectivity index (χ3v) is 3.07. The van der Waals surface area contributed by atoms with Gasteiger partial charge in [-0.2, -0.15) is 0 Å². The van der Waals surface area contributed by atoms with Crippen LogP contribution >= 0.6 is 24.0 Å². The van der Waals surface area contributed by atoms with Crippen LogP contribution in [0.5, 0.6) is 0 Å². The van der Waals surface area contributed by atoms with Gasteiger partial charge in [-0.25, -0.2) is 4.99 Å². The summed E-state index contributed by atoms with van der Waals surface area (Å²) in [6.45, 7) is 6.93. The van der Waals surface area contributed by atoms with Gasteiger partial charge in [0.1, 0.15) is 6.54 Å². The highest BCUT2D eigenvalue weighted by Crippen LogP contribution is 2.08. The zero-order chi connectivity index (χ0) is 15.7. The van der Waals surface area contributed by atoms with E-state index in [4.69, 9.17) is 9.47 Å². The molecule has 2 N–H and O–H groups in total. The summed E-state index contributed by atoms with van der Waals surface area (Å²) in [5, 5.41) is 6.36. The molecule has 130 valence electrons. The van der Waals surface area contributed by atoms with Crippen LogP contribution in [0.4, 0.5) is 0 Å². The van der Waals surface area contributed by atoms with Crippen LogP contribution < -0.4 is 10.6 Å². The number of guanidine groups is 1. The highest BCUT2D eigenvalue weighted by Gasteiger charge is 2.17. The van der Waals surface area contributed by atoms with Crippen molar-refractivity contribution in [1.82, 2.24) is 15.5 Å². The molecule has 1 fully saturated rings. The lowest BCUT2D eigenvalue weighted by molar-refractivity contribution is -0.127. The van der Waals surface area contributed by atoms with Crippen LogP contribution in [0.1, 0.15) is 20.3 Å². The normalized spacial score (nSPS) is 19.3. The second kappa shape index (κ2) is 11.9. The second-order valence-corrected chi connectivity index (χ2v) is 5.35. The Labute approximate surface area is 150 Å². The second-order valence-electron chi connectivity index (χ2n) is 5.35. The molecule has 0 aromatic heterocycles. The predicted molar refractivity (Wildman–Crippen MR) is 97.9 cm³/mol. The molecule has 1 amide bonds. The number of ether oxygens (including phenoxy) is 2. The molecule has 0 aliphatic carbocycles. The molecule has 1 aliphatic rings. The first-order chi connectivity index (χ1) is 10.0. The lowest BCUT2D eigenvalue weighted by atomic mass is 10.3. The summed E-state index contributed by atoms with van der Waals surface area (Å²) in [7, 11) is 3.44. The van der Waals surface area contributed by atoms with Crippen molar-refractivity contribution in [3.8, 4) is 0 Å². The maximum atomic E-state index is 11.6. The van der Waals surface area contributed by atoms with Gasteiger partial charge in [0, 0.05) is 33.3 Å². The molecule has 1 saturated heterocycles. The largest absolute Gasteiger partial charge is 0.379 e. The van der Waals surface area contributed by atoms with E-state index in [-0.39, 0.29) is 48.6 Å². The minimum absolute atomic E-state index is 0. The van der Waals surface area contributed by atoms with E-state index in [1.54, 1.807) is 14.1 Å². The molecular weight excluding hydrogens is 399 g/mol. The summed E-state index contributed by atoms with van der Waals surface area (Å²) in [5.74, 6) is 0.602. The molecule has 1 rings (SSSR count). The highest BCUT2D eigenvalue weighted by atomic mass is 127. The Morgan fingerprint density at radius 3 is 2.77 bits per heavy atom. The SMILES string of the molecule is CCNC(=NCC(=O)N(C)C)NC(C)COC1CCOC1.I. The van der Waals surface area contributed by atoms with E-state index in [9.17, 15) is 4.79 Å². The molecule has 1 heterocycles. The molecule has 0 aromatic carbocycles. The van der Waals surface area contributed by atoms with E-state index in [2.05, 4.69) is 15.6 Å². The summed E-state index contributed by atoms with van der Waals surface area (Å²) >= 11 is 0. The molecule has 1 aliphatic heterocycles. The first-order valence-corrected chi connectivity index (χ1v) is 7.47. The number of rotatable bonds is 7. The maximum Gasteiger partial charge on any atom is 0.243 e. The van der Waals surface area contributed by atoms with Gasteiger partial charge in [-0.1, -0.05) is 0 Å². The average molecular weight is 428 g/mol. The molecule has 7 nitrogen and oxygen atoms in total. The number of carbonyl (C=O) groups is 1. The van der Waals surface area contributed by atoms with Crippen molar-refractivity contribution in [3.63, 3.8) is 0 Å². The minimum Gasteiger partial charge on any atom is -0.379 e. The predicted octanol–water partition coefficient (Wildman–Crippen LogP) is 0.442. The van der Waals surface area contributed by atoms with Crippen molar-refractivity contribution in [2.75, 3.05) is 47.0 Å². The molecular formula is C14H29IN4O3. The van der Waals surface area contributed by atoms with Crippen molar-refractivity contribution < 1.29 is 14.3 Å². The number of nitrogens with one attached hydrogen (secondary N) is 2. The van der Waals surface area contributed by atoms with E-state index in [0.717, 1.165) is 19.6 Å². The van der Waals surface area contributed by atoms with E-state index < -0.39 is 0 Å². The highest BCUT2D eigenvalue weighted by molar-refractivity contribution is 14.0. The maximum absolute atomic E-state index is 11.6. The topological polar surface area (TPSA) is 75.2 Å². The van der Waals surface area contributed by atoms with Gasteiger partial charge in [0.15, 0.2) is 5.96 Å². The van der Waals surface area contributed by atoms with Gasteiger partial charge in [0.05, 0.1) is 19.3 Å². The third-order valence-electron chi connectivity index (χ3n) is 3.07. The molecule has 2 unspecified atom stereocenters. The number of aliphatic imine (C=N–C) groups is 1. The Balaban J connectivity index is 0.00000441. The van der Waals surface area contributed by atoms with Crippen molar-refractivity contribution in [2.24, 2.45) is 4.99 Å². The molecule has 22 heavy (non-hydrogen) atoms. The number of halogens is 1. The van der Waals surface area contributed by atoms with Gasteiger partial charge >= 0.3 is 0 Å². The van der Waals surface area contributed by atoms with Gasteiger partial charge < -0.3 is 25.0 Å². The van der Waals surface area contributed by atoms with Crippen LogP contribution in [-0.4, -0.2) is 75.9 Å². The first kappa shape index (κ1) is 21.4. The van der Waals surface area contributed by atoms with Crippen molar-refractivity contribution >= 4 is 35.8 Å². The first-order valence-electron chi connectivity index (χ1n) is 7.47. The van der Waals surface area contributed by atoms with Gasteiger partial charge in [0.25, 0.3) is 0 Å². The lowest BCUT2D eigenvalue weighted by Gasteiger charge is -2.19. The van der Waals surface area contributed by atoms with Gasteiger partial charge in [-0.05, 0) is 20.3 Å². The fourth-order valence-electron chi connectivity index (χ4n) is 1.81. The van der Waals surface area contributed by atoms with Crippen LogP contribution in [0.2, 0.25) is 0 Å². The molecule has 8 heteroatoms. The van der Waals surface area contributed by atoms with Crippen molar-refractivity contribution in [1.29, 1.82) is 0 Å². The fraction of sp³-hybridized carbons (Fsp3) is 0.857. The quantitative estimate of drug-likeness (QED) is 0.350. The Morgan fingerprint density at radius 1 is 1.50 bits per heavy atom. The van der Waals surface area contributed by atoms with E-state index in [1.165, 1.54) is 4.90 Å². The lowest BCUT2D eigenvalue weighted by Crippen LogP contribution is -2.45. The van der Waals surface area contributed by atoms with Crippen molar-refractivity contribution in [3.05, 3.63) is 0 Å². The standard InChI is InChI=1S/C14H28N4O3.HI/c1-5-15-14(16-8-13(19)18(3)4)17-11(2)9-21-12-6-7-20-10-12;/h11-12H,5-10H2,1-4H3,(H2,15,16,17);1H. The van der Waals surface area contributed by atoms with Crippen molar-refractivity contribution in [2.45, 2.75) is 32.4 Å². The summed E-state index contributed by atoms with van der Waals surface area (Å²) in [4.78, 5) is 17.4. The average Bonchev–Trinajstić information content (AvgIpc) is 2.95. The number of likely N-dealkylation sites (N-methyl/N-ethyl adjacent to an activating group) is 1. The Bertz CT molecular complexity index is 347. The monoisotopic (exact) mass is 428 g/mol. The summed E-state index contributed by atoms with van der Waals surface area (Å²) < 4.78 is 11.0. The van der Waals surface area contributed by atoms with Crippen LogP contribution in [0, 0.1) is 0 Å². The molecule has 2 atom stereocenters. The van der Waals surface area contributed by atoms with Crippen LogP contribution in [0.25, 0.3) is 0 Å². The molecule has 0 saturated carbocycles. The zero-order valence-corrected chi connectivity index (χ0v) is 16.3. The number of carbonyl (C=O) groups excluding carboxylic acids is 1. The van der Waals surface area contributed by atoms with E-state index in [1.807, 2.05) is 13.8 Å². The molecule has 0 radical (unpaired) electrons. The number of hydrogen-bond acceptors (Lipinski definition) is 4. The van der Waals surface area contributed by atoms with Gasteiger partial charge in [-0.15, -0.1) is 24.0 Å². The van der Waals surface area contributed by atoms with Gasteiger partial charge in [-0.3, -0.25) is 4.79 Å². The summed E-state index contributed by atoms with van der Waals surface area (Å²) in [6.07, 6.45) is 1.15.